The smallest absolute Gasteiger partial charge is 0.331 e. The summed E-state index contributed by atoms with van der Waals surface area (Å²) in [6.07, 6.45) is 1.69. The molecule has 1 unspecified atom stereocenters. The van der Waals surface area contributed by atoms with Crippen molar-refractivity contribution in [2.24, 2.45) is 0 Å². The largest absolute Gasteiger partial charge is 0.493 e. The van der Waals surface area contributed by atoms with E-state index in [0.29, 0.717) is 12.4 Å². The highest BCUT2D eigenvalue weighted by Crippen LogP contribution is 2.19. The van der Waals surface area contributed by atoms with Crippen molar-refractivity contribution >= 4 is 23.6 Å². The molecule has 1 amide bonds. The van der Waals surface area contributed by atoms with Crippen LogP contribution in [-0.4, -0.2) is 24.6 Å². The third kappa shape index (κ3) is 5.44. The lowest BCUT2D eigenvalue weighted by atomic mass is 10.2. The number of nitrogens with one attached hydrogen (secondary N) is 1. The second kappa shape index (κ2) is 9.36. The number of carbonyl (C=O) groups excluding carboxylic acids is 2. The Morgan fingerprint density at radius 3 is 2.58 bits per heavy atom. The molecule has 0 radical (unpaired) electrons. The minimum Gasteiger partial charge on any atom is -0.493 e. The molecule has 0 spiro atoms. The number of halogens is 1. The number of esters is 1. The minimum atomic E-state index is -1.08. The predicted octanol–water partition coefficient (Wildman–Crippen LogP) is 3.81. The maximum Gasteiger partial charge on any atom is 0.331 e. The molecule has 2 aromatic rings. The molecule has 26 heavy (non-hydrogen) atoms. The fourth-order valence-corrected chi connectivity index (χ4v) is 2.13. The van der Waals surface area contributed by atoms with Crippen molar-refractivity contribution in [2.45, 2.75) is 20.0 Å². The van der Waals surface area contributed by atoms with Crippen molar-refractivity contribution in [3.8, 4) is 5.75 Å². The van der Waals surface area contributed by atoms with Gasteiger partial charge < -0.3 is 14.8 Å². The van der Waals surface area contributed by atoms with Crippen molar-refractivity contribution in [3.05, 3.63) is 66.0 Å². The van der Waals surface area contributed by atoms with Crippen LogP contribution >= 0.6 is 0 Å². The van der Waals surface area contributed by atoms with E-state index in [1.165, 1.54) is 31.2 Å². The minimum absolute atomic E-state index is 0.0292. The lowest BCUT2D eigenvalue weighted by Gasteiger charge is -2.12. The number of rotatable bonds is 7. The molecular formula is C20H20FNO4. The summed E-state index contributed by atoms with van der Waals surface area (Å²) in [5, 5.41) is 2.38. The zero-order valence-corrected chi connectivity index (χ0v) is 14.6. The van der Waals surface area contributed by atoms with E-state index in [2.05, 4.69) is 5.32 Å². The van der Waals surface area contributed by atoms with Gasteiger partial charge in [0.15, 0.2) is 6.10 Å². The number of benzene rings is 2. The maximum absolute atomic E-state index is 13.5. The van der Waals surface area contributed by atoms with Crippen LogP contribution in [0.1, 0.15) is 19.4 Å². The van der Waals surface area contributed by atoms with Crippen LogP contribution in [-0.2, 0) is 14.3 Å². The standard InChI is InChI=1S/C20H20FNO4/c1-3-25-18-11-7-4-8-15(18)12-13-19(23)26-14(2)20(24)22-17-10-6-5-9-16(17)21/h4-14H,3H2,1-2H3,(H,22,24)/b13-12+. The zero-order chi connectivity index (χ0) is 18.9. The second-order valence-electron chi connectivity index (χ2n) is 5.35. The normalized spacial score (nSPS) is 11.8. The van der Waals surface area contributed by atoms with Gasteiger partial charge in [0.2, 0.25) is 0 Å². The summed E-state index contributed by atoms with van der Waals surface area (Å²) in [5.41, 5.74) is 0.747. The van der Waals surface area contributed by atoms with Crippen LogP contribution in [0.5, 0.6) is 5.75 Å². The second-order valence-corrected chi connectivity index (χ2v) is 5.35. The average molecular weight is 357 g/mol. The highest BCUT2D eigenvalue weighted by atomic mass is 19.1. The summed E-state index contributed by atoms with van der Waals surface area (Å²) in [6, 6.07) is 13.0. The van der Waals surface area contributed by atoms with Gasteiger partial charge in [0.1, 0.15) is 11.6 Å². The van der Waals surface area contributed by atoms with E-state index in [4.69, 9.17) is 9.47 Å². The van der Waals surface area contributed by atoms with Gasteiger partial charge in [-0.25, -0.2) is 9.18 Å². The third-order valence-corrected chi connectivity index (χ3v) is 3.41. The van der Waals surface area contributed by atoms with Crippen LogP contribution in [0.2, 0.25) is 0 Å². The fourth-order valence-electron chi connectivity index (χ4n) is 2.13. The molecule has 2 rings (SSSR count). The first-order valence-electron chi connectivity index (χ1n) is 8.17. The lowest BCUT2D eigenvalue weighted by molar-refractivity contribution is -0.148. The molecule has 136 valence electrons. The van der Waals surface area contributed by atoms with Gasteiger partial charge >= 0.3 is 5.97 Å². The van der Waals surface area contributed by atoms with Crippen LogP contribution in [0.3, 0.4) is 0 Å². The Labute approximate surface area is 151 Å². The molecule has 2 aromatic carbocycles. The molecule has 6 heteroatoms. The van der Waals surface area contributed by atoms with Crippen molar-refractivity contribution < 1.29 is 23.5 Å². The van der Waals surface area contributed by atoms with Gasteiger partial charge in [-0.2, -0.15) is 0 Å². The zero-order valence-electron chi connectivity index (χ0n) is 14.6. The van der Waals surface area contributed by atoms with Crippen molar-refractivity contribution in [2.75, 3.05) is 11.9 Å². The SMILES string of the molecule is CCOc1ccccc1/C=C/C(=O)OC(C)C(=O)Nc1ccccc1F. The van der Waals surface area contributed by atoms with E-state index in [9.17, 15) is 14.0 Å². The molecule has 1 N–H and O–H groups in total. The molecule has 0 aliphatic heterocycles. The monoisotopic (exact) mass is 357 g/mol. The Bertz CT molecular complexity index is 804. The first-order valence-corrected chi connectivity index (χ1v) is 8.17. The summed E-state index contributed by atoms with van der Waals surface area (Å²) < 4.78 is 24.0. The van der Waals surface area contributed by atoms with Crippen molar-refractivity contribution in [3.63, 3.8) is 0 Å². The van der Waals surface area contributed by atoms with Gasteiger partial charge in [-0.3, -0.25) is 4.79 Å². The number of ether oxygens (including phenoxy) is 2. The van der Waals surface area contributed by atoms with Gasteiger partial charge in [-0.1, -0.05) is 30.3 Å². The first kappa shape index (κ1) is 19.2. The molecule has 0 saturated carbocycles. The van der Waals surface area contributed by atoms with Crippen molar-refractivity contribution in [1.82, 2.24) is 0 Å². The van der Waals surface area contributed by atoms with Gasteiger partial charge in [-0.05, 0) is 38.1 Å². The Hall–Kier alpha value is -3.15. The van der Waals surface area contributed by atoms with E-state index >= 15 is 0 Å². The first-order chi connectivity index (χ1) is 12.5. The molecule has 0 aliphatic carbocycles. The van der Waals surface area contributed by atoms with E-state index in [-0.39, 0.29) is 5.69 Å². The topological polar surface area (TPSA) is 64.6 Å². The third-order valence-electron chi connectivity index (χ3n) is 3.41. The number of hydrogen-bond acceptors (Lipinski definition) is 4. The molecule has 0 aromatic heterocycles. The van der Waals surface area contributed by atoms with E-state index in [1.807, 2.05) is 19.1 Å². The molecular weight excluding hydrogens is 337 g/mol. The number of amides is 1. The molecule has 0 saturated heterocycles. The summed E-state index contributed by atoms with van der Waals surface area (Å²) in [5.74, 6) is -1.23. The Morgan fingerprint density at radius 1 is 1.15 bits per heavy atom. The van der Waals surface area contributed by atoms with Gasteiger partial charge in [0.05, 0.1) is 12.3 Å². The summed E-state index contributed by atoms with van der Waals surface area (Å²) >= 11 is 0. The van der Waals surface area contributed by atoms with Crippen LogP contribution in [0, 0.1) is 5.82 Å². The van der Waals surface area contributed by atoms with Crippen LogP contribution in [0.25, 0.3) is 6.08 Å². The highest BCUT2D eigenvalue weighted by Gasteiger charge is 2.17. The van der Waals surface area contributed by atoms with Gasteiger partial charge in [0.25, 0.3) is 5.91 Å². The molecule has 0 bridgehead atoms. The quantitative estimate of drug-likeness (QED) is 0.605. The predicted molar refractivity (Wildman–Crippen MR) is 97.2 cm³/mol. The van der Waals surface area contributed by atoms with E-state index in [0.717, 1.165) is 5.56 Å². The molecule has 5 nitrogen and oxygen atoms in total. The summed E-state index contributed by atoms with van der Waals surface area (Å²) in [6.45, 7) is 3.78. The molecule has 0 fully saturated rings. The van der Waals surface area contributed by atoms with E-state index < -0.39 is 23.8 Å². The number of hydrogen-bond donors (Lipinski definition) is 1. The molecule has 0 aliphatic rings. The van der Waals surface area contributed by atoms with Crippen LogP contribution < -0.4 is 10.1 Å². The molecule has 1 atom stereocenters. The Balaban J connectivity index is 1.94. The summed E-state index contributed by atoms with van der Waals surface area (Å²) in [4.78, 5) is 23.9. The highest BCUT2D eigenvalue weighted by molar-refractivity contribution is 5.96. The Morgan fingerprint density at radius 2 is 1.85 bits per heavy atom. The number of anilines is 1. The lowest BCUT2D eigenvalue weighted by Crippen LogP contribution is -2.29. The van der Waals surface area contributed by atoms with Gasteiger partial charge in [-0.15, -0.1) is 0 Å². The van der Waals surface area contributed by atoms with Crippen molar-refractivity contribution in [1.29, 1.82) is 0 Å². The Kier molecular flexibility index (Phi) is 6.91. The van der Waals surface area contributed by atoms with Crippen LogP contribution in [0.15, 0.2) is 54.6 Å². The van der Waals surface area contributed by atoms with Gasteiger partial charge in [0, 0.05) is 11.6 Å². The fraction of sp³-hybridized carbons (Fsp3) is 0.200. The summed E-state index contributed by atoms with van der Waals surface area (Å²) in [7, 11) is 0. The molecule has 0 heterocycles. The maximum atomic E-state index is 13.5. The number of para-hydroxylation sites is 2. The van der Waals surface area contributed by atoms with E-state index in [1.54, 1.807) is 24.3 Å². The number of carbonyl (C=O) groups is 2. The average Bonchev–Trinajstić information content (AvgIpc) is 2.63. The van der Waals surface area contributed by atoms with Crippen LogP contribution in [0.4, 0.5) is 10.1 Å².